The Morgan fingerprint density at radius 2 is 1.88 bits per heavy atom. The van der Waals surface area contributed by atoms with Crippen molar-refractivity contribution in [3.05, 3.63) is 17.0 Å². The van der Waals surface area contributed by atoms with Gasteiger partial charge in [-0.1, -0.05) is 20.8 Å². The molecule has 0 radical (unpaired) electrons. The van der Waals surface area contributed by atoms with E-state index in [0.29, 0.717) is 12.0 Å². The van der Waals surface area contributed by atoms with E-state index in [1.54, 1.807) is 0 Å². The first-order valence-corrected chi connectivity index (χ1v) is 6.79. The van der Waals surface area contributed by atoms with E-state index in [-0.39, 0.29) is 0 Å². The van der Waals surface area contributed by atoms with Crippen molar-refractivity contribution in [1.29, 1.82) is 0 Å². The van der Waals surface area contributed by atoms with E-state index >= 15 is 0 Å². The zero-order valence-electron chi connectivity index (χ0n) is 12.2. The third kappa shape index (κ3) is 3.09. The Balaban J connectivity index is 2.96. The zero-order chi connectivity index (χ0) is 13.0. The lowest BCUT2D eigenvalue weighted by Crippen LogP contribution is -2.20. The standard InChI is InChI=1S/C14H27N3/c1-7-11(4)17-13(6)14(12(5)16-17)10(3)9-15-8-2/h10-11,15H,7-9H2,1-6H3. The van der Waals surface area contributed by atoms with Crippen molar-refractivity contribution in [2.75, 3.05) is 13.1 Å². The summed E-state index contributed by atoms with van der Waals surface area (Å²) in [7, 11) is 0. The Morgan fingerprint density at radius 3 is 2.41 bits per heavy atom. The van der Waals surface area contributed by atoms with Crippen molar-refractivity contribution in [3.63, 3.8) is 0 Å². The summed E-state index contributed by atoms with van der Waals surface area (Å²) in [6.45, 7) is 15.3. The summed E-state index contributed by atoms with van der Waals surface area (Å²) >= 11 is 0. The number of aromatic nitrogens is 2. The Bertz CT molecular complexity index is 355. The highest BCUT2D eigenvalue weighted by atomic mass is 15.3. The topological polar surface area (TPSA) is 29.9 Å². The van der Waals surface area contributed by atoms with Crippen molar-refractivity contribution in [2.45, 2.75) is 59.9 Å². The van der Waals surface area contributed by atoms with Gasteiger partial charge in [0.1, 0.15) is 0 Å². The maximum Gasteiger partial charge on any atom is 0.0631 e. The van der Waals surface area contributed by atoms with Gasteiger partial charge in [0.15, 0.2) is 0 Å². The number of likely N-dealkylation sites (N-methyl/N-ethyl adjacent to an activating group) is 1. The third-order valence-electron chi connectivity index (χ3n) is 3.58. The molecule has 0 amide bonds. The predicted octanol–water partition coefficient (Wildman–Crippen LogP) is 3.18. The van der Waals surface area contributed by atoms with Gasteiger partial charge in [-0.3, -0.25) is 4.68 Å². The highest BCUT2D eigenvalue weighted by Gasteiger charge is 2.18. The SMILES string of the molecule is CCNCC(C)c1c(C)nn(C(C)CC)c1C. The first-order chi connectivity index (χ1) is 8.02. The fourth-order valence-electron chi connectivity index (χ4n) is 2.45. The largest absolute Gasteiger partial charge is 0.316 e. The monoisotopic (exact) mass is 237 g/mol. The molecule has 1 N–H and O–H groups in total. The molecule has 98 valence electrons. The van der Waals surface area contributed by atoms with Gasteiger partial charge in [-0.25, -0.2) is 0 Å². The molecular weight excluding hydrogens is 210 g/mol. The van der Waals surface area contributed by atoms with Gasteiger partial charge in [-0.2, -0.15) is 5.10 Å². The van der Waals surface area contributed by atoms with E-state index in [0.717, 1.165) is 19.5 Å². The number of rotatable bonds is 6. The first-order valence-electron chi connectivity index (χ1n) is 6.79. The molecule has 17 heavy (non-hydrogen) atoms. The molecule has 2 atom stereocenters. The van der Waals surface area contributed by atoms with Gasteiger partial charge in [0.25, 0.3) is 0 Å². The number of aryl methyl sites for hydroxylation is 1. The number of nitrogens with one attached hydrogen (secondary N) is 1. The van der Waals surface area contributed by atoms with E-state index in [4.69, 9.17) is 5.10 Å². The predicted molar refractivity (Wildman–Crippen MR) is 73.7 cm³/mol. The van der Waals surface area contributed by atoms with Crippen LogP contribution in [0, 0.1) is 13.8 Å². The molecule has 0 aromatic carbocycles. The quantitative estimate of drug-likeness (QED) is 0.823. The van der Waals surface area contributed by atoms with Crippen LogP contribution in [0.15, 0.2) is 0 Å². The molecule has 1 heterocycles. The summed E-state index contributed by atoms with van der Waals surface area (Å²) < 4.78 is 2.19. The number of nitrogens with zero attached hydrogens (tertiary/aromatic N) is 2. The molecular formula is C14H27N3. The van der Waals surface area contributed by atoms with Crippen molar-refractivity contribution < 1.29 is 0 Å². The molecule has 0 aliphatic heterocycles. The molecule has 0 aliphatic carbocycles. The lowest BCUT2D eigenvalue weighted by atomic mass is 9.99. The Kier molecular flexibility index (Phi) is 5.19. The van der Waals surface area contributed by atoms with Crippen LogP contribution in [0.3, 0.4) is 0 Å². The Labute approximate surface area is 106 Å². The van der Waals surface area contributed by atoms with Gasteiger partial charge in [-0.15, -0.1) is 0 Å². The molecule has 0 aliphatic rings. The smallest absolute Gasteiger partial charge is 0.0631 e. The van der Waals surface area contributed by atoms with E-state index in [1.165, 1.54) is 17.0 Å². The molecule has 0 saturated carbocycles. The molecule has 0 saturated heterocycles. The summed E-state index contributed by atoms with van der Waals surface area (Å²) in [5.41, 5.74) is 3.95. The lowest BCUT2D eigenvalue weighted by molar-refractivity contribution is 0.464. The summed E-state index contributed by atoms with van der Waals surface area (Å²) in [5, 5.41) is 8.12. The zero-order valence-corrected chi connectivity index (χ0v) is 12.2. The summed E-state index contributed by atoms with van der Waals surface area (Å²) in [5.74, 6) is 0.535. The van der Waals surface area contributed by atoms with Crippen LogP contribution in [0.5, 0.6) is 0 Å². The Hall–Kier alpha value is -0.830. The fraction of sp³-hybridized carbons (Fsp3) is 0.786. The Morgan fingerprint density at radius 1 is 1.24 bits per heavy atom. The molecule has 0 spiro atoms. The molecule has 3 heteroatoms. The highest BCUT2D eigenvalue weighted by Crippen LogP contribution is 2.25. The second kappa shape index (κ2) is 6.20. The van der Waals surface area contributed by atoms with Crippen LogP contribution in [0.4, 0.5) is 0 Å². The van der Waals surface area contributed by atoms with E-state index < -0.39 is 0 Å². The van der Waals surface area contributed by atoms with Crippen LogP contribution >= 0.6 is 0 Å². The highest BCUT2D eigenvalue weighted by molar-refractivity contribution is 5.29. The van der Waals surface area contributed by atoms with Crippen LogP contribution in [0.2, 0.25) is 0 Å². The van der Waals surface area contributed by atoms with Gasteiger partial charge in [0, 0.05) is 23.8 Å². The van der Waals surface area contributed by atoms with E-state index in [1.807, 2.05) is 0 Å². The van der Waals surface area contributed by atoms with Gasteiger partial charge < -0.3 is 5.32 Å². The van der Waals surface area contributed by atoms with Crippen LogP contribution in [0.25, 0.3) is 0 Å². The van der Waals surface area contributed by atoms with Crippen LogP contribution in [-0.2, 0) is 0 Å². The van der Waals surface area contributed by atoms with Crippen molar-refractivity contribution >= 4 is 0 Å². The minimum absolute atomic E-state index is 0.494. The summed E-state index contributed by atoms with van der Waals surface area (Å²) in [4.78, 5) is 0. The minimum atomic E-state index is 0.494. The first kappa shape index (κ1) is 14.2. The van der Waals surface area contributed by atoms with Gasteiger partial charge in [-0.05, 0) is 39.7 Å². The normalized spacial score (nSPS) is 14.9. The lowest BCUT2D eigenvalue weighted by Gasteiger charge is -2.15. The van der Waals surface area contributed by atoms with Gasteiger partial charge in [0.05, 0.1) is 5.69 Å². The van der Waals surface area contributed by atoms with Gasteiger partial charge >= 0.3 is 0 Å². The van der Waals surface area contributed by atoms with E-state index in [9.17, 15) is 0 Å². The average molecular weight is 237 g/mol. The molecule has 1 aromatic rings. The van der Waals surface area contributed by atoms with Gasteiger partial charge in [0.2, 0.25) is 0 Å². The number of hydrogen-bond acceptors (Lipinski definition) is 2. The van der Waals surface area contributed by atoms with Crippen molar-refractivity contribution in [2.24, 2.45) is 0 Å². The summed E-state index contributed by atoms with van der Waals surface area (Å²) in [6.07, 6.45) is 1.13. The number of hydrogen-bond donors (Lipinski definition) is 1. The third-order valence-corrected chi connectivity index (χ3v) is 3.58. The molecule has 0 bridgehead atoms. The molecule has 1 aromatic heterocycles. The van der Waals surface area contributed by atoms with Crippen molar-refractivity contribution in [3.8, 4) is 0 Å². The fourth-order valence-corrected chi connectivity index (χ4v) is 2.45. The average Bonchev–Trinajstić information content (AvgIpc) is 2.61. The van der Waals surface area contributed by atoms with Crippen molar-refractivity contribution in [1.82, 2.24) is 15.1 Å². The van der Waals surface area contributed by atoms with Crippen LogP contribution < -0.4 is 5.32 Å². The molecule has 1 rings (SSSR count). The van der Waals surface area contributed by atoms with Crippen LogP contribution in [0.1, 0.15) is 63.0 Å². The second-order valence-electron chi connectivity index (χ2n) is 5.00. The van der Waals surface area contributed by atoms with E-state index in [2.05, 4.69) is 51.5 Å². The molecule has 0 fully saturated rings. The molecule has 2 unspecified atom stereocenters. The maximum absolute atomic E-state index is 4.70. The van der Waals surface area contributed by atoms with Crippen LogP contribution in [-0.4, -0.2) is 22.9 Å². The minimum Gasteiger partial charge on any atom is -0.316 e. The maximum atomic E-state index is 4.70. The second-order valence-corrected chi connectivity index (χ2v) is 5.00. The summed E-state index contributed by atoms with van der Waals surface area (Å²) in [6, 6.07) is 0.494. The molecule has 3 nitrogen and oxygen atoms in total.